The van der Waals surface area contributed by atoms with E-state index < -0.39 is 0 Å². The number of pyridine rings is 1. The number of methoxy groups -OCH3 is 1. The van der Waals surface area contributed by atoms with E-state index in [0.29, 0.717) is 23.3 Å². The third-order valence-corrected chi connectivity index (χ3v) is 5.76. The third kappa shape index (κ3) is 3.75. The normalized spacial score (nSPS) is 26.9. The van der Waals surface area contributed by atoms with Crippen molar-refractivity contribution in [3.05, 3.63) is 17.8 Å². The van der Waals surface area contributed by atoms with Gasteiger partial charge in [-0.3, -0.25) is 0 Å². The van der Waals surface area contributed by atoms with Crippen LogP contribution >= 0.6 is 11.8 Å². The van der Waals surface area contributed by atoms with E-state index in [9.17, 15) is 0 Å². The van der Waals surface area contributed by atoms with Gasteiger partial charge < -0.3 is 19.1 Å². The molecule has 0 radical (unpaired) electrons. The lowest BCUT2D eigenvalue weighted by Gasteiger charge is -2.37. The molecule has 5 nitrogen and oxygen atoms in total. The molecule has 128 valence electrons. The number of aromatic nitrogens is 1. The number of hydrogen-bond acceptors (Lipinski definition) is 6. The molecule has 1 fully saturated rings. The van der Waals surface area contributed by atoms with E-state index in [1.165, 1.54) is 5.56 Å². The molecule has 3 atom stereocenters. The Hall–Kier alpha value is -0.980. The van der Waals surface area contributed by atoms with Gasteiger partial charge >= 0.3 is 0 Å². The van der Waals surface area contributed by atoms with Crippen LogP contribution in [0.3, 0.4) is 0 Å². The van der Waals surface area contributed by atoms with Crippen LogP contribution in [0, 0.1) is 5.92 Å². The summed E-state index contributed by atoms with van der Waals surface area (Å²) in [6, 6.07) is 2.06. The van der Waals surface area contributed by atoms with Gasteiger partial charge in [0.15, 0.2) is 11.6 Å². The van der Waals surface area contributed by atoms with E-state index in [4.69, 9.17) is 14.2 Å². The van der Waals surface area contributed by atoms with E-state index in [2.05, 4.69) is 29.8 Å². The summed E-state index contributed by atoms with van der Waals surface area (Å²) in [6.45, 7) is 7.23. The largest absolute Gasteiger partial charge is 0.486 e. The van der Waals surface area contributed by atoms with Crippen molar-refractivity contribution in [1.82, 2.24) is 4.98 Å². The topological polar surface area (TPSA) is 43.8 Å². The van der Waals surface area contributed by atoms with Gasteiger partial charge in [0.2, 0.25) is 0 Å². The maximum Gasteiger partial charge on any atom is 0.172 e. The summed E-state index contributed by atoms with van der Waals surface area (Å²) in [5, 5.41) is 0.921. The fourth-order valence-electron chi connectivity index (χ4n) is 3.38. The monoisotopic (exact) mass is 338 g/mol. The van der Waals surface area contributed by atoms with Crippen molar-refractivity contribution in [2.75, 3.05) is 38.6 Å². The minimum Gasteiger partial charge on any atom is -0.486 e. The molecule has 2 unspecified atom stereocenters. The molecule has 2 aliphatic heterocycles. The highest BCUT2D eigenvalue weighted by Crippen LogP contribution is 2.42. The summed E-state index contributed by atoms with van der Waals surface area (Å²) in [5.74, 6) is 2.45. The molecule has 2 aliphatic rings. The van der Waals surface area contributed by atoms with E-state index in [-0.39, 0.29) is 0 Å². The second kappa shape index (κ2) is 7.73. The smallest absolute Gasteiger partial charge is 0.172 e. The lowest BCUT2D eigenvalue weighted by Crippen LogP contribution is -2.43. The number of anilines is 1. The summed E-state index contributed by atoms with van der Waals surface area (Å²) in [7, 11) is 1.66. The Morgan fingerprint density at radius 3 is 3.13 bits per heavy atom. The van der Waals surface area contributed by atoms with Crippen LogP contribution in [0.15, 0.2) is 12.3 Å². The predicted octanol–water partition coefficient (Wildman–Crippen LogP) is 2.93. The average Bonchev–Trinajstić information content (AvgIpc) is 2.72. The molecule has 0 bridgehead atoms. The van der Waals surface area contributed by atoms with Gasteiger partial charge in [-0.1, -0.05) is 13.8 Å². The third-order valence-electron chi connectivity index (χ3n) is 4.40. The summed E-state index contributed by atoms with van der Waals surface area (Å²) >= 11 is 1.99. The Morgan fingerprint density at radius 2 is 2.35 bits per heavy atom. The number of rotatable bonds is 5. The Balaban J connectivity index is 1.82. The van der Waals surface area contributed by atoms with Crippen LogP contribution < -0.4 is 9.64 Å². The highest BCUT2D eigenvalue weighted by atomic mass is 32.2. The van der Waals surface area contributed by atoms with Crippen LogP contribution in [-0.4, -0.2) is 49.3 Å². The van der Waals surface area contributed by atoms with Crippen molar-refractivity contribution in [2.24, 2.45) is 5.92 Å². The van der Waals surface area contributed by atoms with E-state index in [1.807, 2.05) is 18.0 Å². The molecule has 0 spiro atoms. The zero-order chi connectivity index (χ0) is 16.2. The van der Waals surface area contributed by atoms with Crippen molar-refractivity contribution in [1.29, 1.82) is 0 Å². The maximum atomic E-state index is 6.08. The van der Waals surface area contributed by atoms with Gasteiger partial charge in [0.05, 0.1) is 6.61 Å². The molecular formula is C17H26N2O3S. The van der Waals surface area contributed by atoms with Crippen LogP contribution in [0.2, 0.25) is 0 Å². The van der Waals surface area contributed by atoms with Crippen molar-refractivity contribution < 1.29 is 14.2 Å². The highest BCUT2D eigenvalue weighted by molar-refractivity contribution is 8.00. The number of hydrogen-bond donors (Lipinski definition) is 0. The molecule has 1 saturated heterocycles. The Morgan fingerprint density at radius 1 is 1.48 bits per heavy atom. The van der Waals surface area contributed by atoms with Crippen LogP contribution in [-0.2, 0) is 15.9 Å². The molecular weight excluding hydrogens is 312 g/mol. The Kier molecular flexibility index (Phi) is 5.67. The summed E-state index contributed by atoms with van der Waals surface area (Å²) in [5.41, 5.74) is 1.24. The van der Waals surface area contributed by atoms with Gasteiger partial charge in [-0.2, -0.15) is 0 Å². The summed E-state index contributed by atoms with van der Waals surface area (Å²) in [6.07, 6.45) is 4.01. The van der Waals surface area contributed by atoms with Crippen molar-refractivity contribution >= 4 is 17.6 Å². The summed E-state index contributed by atoms with van der Waals surface area (Å²) < 4.78 is 16.7. The van der Waals surface area contributed by atoms with Gasteiger partial charge in [0.1, 0.15) is 18.8 Å². The van der Waals surface area contributed by atoms with Gasteiger partial charge in [0.25, 0.3) is 0 Å². The van der Waals surface area contributed by atoms with Gasteiger partial charge in [-0.05, 0) is 24.5 Å². The minimum atomic E-state index is 0.338. The second-order valence-corrected chi connectivity index (χ2v) is 7.84. The molecule has 0 N–H and O–H groups in total. The van der Waals surface area contributed by atoms with Gasteiger partial charge in [-0.25, -0.2) is 4.98 Å². The summed E-state index contributed by atoms with van der Waals surface area (Å²) in [4.78, 5) is 7.06. The quantitative estimate of drug-likeness (QED) is 0.607. The van der Waals surface area contributed by atoms with Crippen LogP contribution in [0.4, 0.5) is 5.82 Å². The molecule has 0 aliphatic carbocycles. The molecule has 3 heterocycles. The van der Waals surface area contributed by atoms with Crippen molar-refractivity contribution in [3.63, 3.8) is 0 Å². The van der Waals surface area contributed by atoms with Gasteiger partial charge in [0, 0.05) is 31.0 Å². The highest BCUT2D eigenvalue weighted by Gasteiger charge is 2.36. The Labute approximate surface area is 142 Å². The van der Waals surface area contributed by atoms with Crippen LogP contribution in [0.1, 0.15) is 25.8 Å². The zero-order valence-electron chi connectivity index (χ0n) is 14.2. The lowest BCUT2D eigenvalue weighted by atomic mass is 10.0. The first-order valence-electron chi connectivity index (χ1n) is 8.32. The molecule has 1 aromatic rings. The molecule has 1 aromatic heterocycles. The van der Waals surface area contributed by atoms with Gasteiger partial charge in [-0.15, -0.1) is 11.8 Å². The second-order valence-electron chi connectivity index (χ2n) is 6.22. The van der Waals surface area contributed by atoms with E-state index >= 15 is 0 Å². The maximum absolute atomic E-state index is 6.08. The fraction of sp³-hybridized carbons (Fsp3) is 0.706. The number of nitrogens with zero attached hydrogens (tertiary/aromatic N) is 2. The lowest BCUT2D eigenvalue weighted by molar-refractivity contribution is -0.0432. The first-order chi connectivity index (χ1) is 11.2. The van der Waals surface area contributed by atoms with Crippen molar-refractivity contribution in [3.8, 4) is 5.75 Å². The molecule has 0 amide bonds. The molecule has 23 heavy (non-hydrogen) atoms. The Bertz CT molecular complexity index is 529. The predicted molar refractivity (Wildman–Crippen MR) is 93.2 cm³/mol. The molecule has 0 saturated carbocycles. The SMILES string of the molecule is CCc1ccnc2c1OC[C@@H]1SC(C)CC(COCOC)CN21. The first-order valence-corrected chi connectivity index (χ1v) is 9.26. The average molecular weight is 338 g/mol. The number of ether oxygens (including phenoxy) is 3. The minimum absolute atomic E-state index is 0.338. The fourth-order valence-corrected chi connectivity index (χ4v) is 4.78. The van der Waals surface area contributed by atoms with Crippen molar-refractivity contribution in [2.45, 2.75) is 37.3 Å². The number of thioether (sulfide) groups is 1. The van der Waals surface area contributed by atoms with E-state index in [0.717, 1.165) is 44.2 Å². The van der Waals surface area contributed by atoms with Crippen LogP contribution in [0.5, 0.6) is 5.75 Å². The van der Waals surface area contributed by atoms with E-state index in [1.54, 1.807) is 7.11 Å². The zero-order valence-corrected chi connectivity index (χ0v) is 15.0. The standard InChI is InChI=1S/C17H26N2O3S/c1-4-14-5-6-18-17-16(14)22-10-15-19(17)8-13(7-12(2)23-15)9-21-11-20-3/h5-6,12-13,15H,4,7-11H2,1-3H3/t12?,13?,15-/m0/s1. The molecule has 0 aromatic carbocycles. The number of aryl methyl sites for hydroxylation is 1. The van der Waals surface area contributed by atoms with Crippen LogP contribution in [0.25, 0.3) is 0 Å². The molecule has 3 rings (SSSR count). The first kappa shape index (κ1) is 16.9. The number of fused-ring (bicyclic) bond motifs is 3. The molecule has 6 heteroatoms.